The van der Waals surface area contributed by atoms with Crippen LogP contribution in [0.5, 0.6) is 0 Å². The zero-order valence-corrected chi connectivity index (χ0v) is 20.8. The van der Waals surface area contributed by atoms with E-state index in [1.807, 2.05) is 11.0 Å². The molecule has 0 bridgehead atoms. The van der Waals surface area contributed by atoms with Crippen LogP contribution in [0, 0.1) is 0 Å². The van der Waals surface area contributed by atoms with Gasteiger partial charge in [0.05, 0.1) is 32.8 Å². The first kappa shape index (κ1) is 23.7. The standard InChI is InChI=1S/C22H28ClN3O4S2/c1-25-7-6-17-15(16(11-25)30-3)9-19(31-17)22(28)26-10-13(8-14(26)12-29-2)24-21(27)18-4-5-20(23)32-18/h4-5,9,13-14,16H,6-8,10-12H2,1-3H3,(H,24,27)/t13-,14+,16?/m1/s1. The van der Waals surface area contributed by atoms with Crippen molar-refractivity contribution in [3.05, 3.63) is 42.7 Å². The van der Waals surface area contributed by atoms with Gasteiger partial charge in [-0.05, 0) is 43.7 Å². The van der Waals surface area contributed by atoms with Gasteiger partial charge in [0.15, 0.2) is 0 Å². The molecule has 0 spiro atoms. The molecular weight excluding hydrogens is 470 g/mol. The van der Waals surface area contributed by atoms with Gasteiger partial charge in [0, 0.05) is 44.8 Å². The first-order chi connectivity index (χ1) is 15.4. The molecule has 0 saturated carbocycles. The molecule has 1 N–H and O–H groups in total. The summed E-state index contributed by atoms with van der Waals surface area (Å²) in [5.41, 5.74) is 1.12. The first-order valence-electron chi connectivity index (χ1n) is 10.6. The zero-order valence-electron chi connectivity index (χ0n) is 18.4. The van der Waals surface area contributed by atoms with E-state index in [9.17, 15) is 9.59 Å². The van der Waals surface area contributed by atoms with Gasteiger partial charge in [0.25, 0.3) is 11.8 Å². The molecule has 1 unspecified atom stereocenters. The Balaban J connectivity index is 1.49. The van der Waals surface area contributed by atoms with Crippen molar-refractivity contribution in [3.8, 4) is 0 Å². The molecule has 32 heavy (non-hydrogen) atoms. The molecule has 10 heteroatoms. The van der Waals surface area contributed by atoms with E-state index in [4.69, 9.17) is 21.1 Å². The summed E-state index contributed by atoms with van der Waals surface area (Å²) in [6.07, 6.45) is 1.53. The number of likely N-dealkylation sites (tertiary alicyclic amines) is 1. The number of nitrogens with one attached hydrogen (secondary N) is 1. The number of amides is 2. The molecule has 7 nitrogen and oxygen atoms in total. The number of carbonyl (C=O) groups is 2. The second-order valence-corrected chi connectivity index (χ2v) is 11.2. The third-order valence-electron chi connectivity index (χ3n) is 6.05. The lowest BCUT2D eigenvalue weighted by Gasteiger charge is -2.23. The number of hydrogen-bond donors (Lipinski definition) is 1. The third-order valence-corrected chi connectivity index (χ3v) is 8.48. The molecule has 2 aromatic rings. The molecular formula is C22H28ClN3O4S2. The van der Waals surface area contributed by atoms with Gasteiger partial charge in [-0.1, -0.05) is 11.6 Å². The summed E-state index contributed by atoms with van der Waals surface area (Å²) in [5.74, 6) is -0.170. The van der Waals surface area contributed by atoms with E-state index in [1.165, 1.54) is 16.2 Å². The number of rotatable bonds is 6. The summed E-state index contributed by atoms with van der Waals surface area (Å²) >= 11 is 8.77. The molecule has 3 atom stereocenters. The average Bonchev–Trinajstić information content (AvgIpc) is 3.47. The lowest BCUT2D eigenvalue weighted by Crippen LogP contribution is -2.40. The molecule has 4 rings (SSSR count). The Kier molecular flexibility index (Phi) is 7.54. The van der Waals surface area contributed by atoms with Crippen LogP contribution in [0.3, 0.4) is 0 Å². The summed E-state index contributed by atoms with van der Waals surface area (Å²) in [4.78, 5) is 32.7. The quantitative estimate of drug-likeness (QED) is 0.663. The molecule has 1 saturated heterocycles. The van der Waals surface area contributed by atoms with Crippen molar-refractivity contribution in [1.82, 2.24) is 15.1 Å². The van der Waals surface area contributed by atoms with E-state index in [0.29, 0.717) is 28.8 Å². The molecule has 2 aliphatic rings. The second kappa shape index (κ2) is 10.2. The van der Waals surface area contributed by atoms with Crippen LogP contribution in [0.1, 0.15) is 42.3 Å². The fraction of sp³-hybridized carbons (Fsp3) is 0.545. The minimum atomic E-state index is -0.160. The van der Waals surface area contributed by atoms with Crippen molar-refractivity contribution in [1.29, 1.82) is 0 Å². The maximum absolute atomic E-state index is 13.5. The topological polar surface area (TPSA) is 71.1 Å². The monoisotopic (exact) mass is 497 g/mol. The molecule has 4 heterocycles. The van der Waals surface area contributed by atoms with Crippen LogP contribution in [0.4, 0.5) is 0 Å². The highest BCUT2D eigenvalue weighted by atomic mass is 35.5. The largest absolute Gasteiger partial charge is 0.383 e. The van der Waals surface area contributed by atoms with E-state index in [-0.39, 0.29) is 30.0 Å². The SMILES string of the molecule is COC[C@@H]1C[C@@H](NC(=O)c2ccc(Cl)s2)CN1C(=O)c1cc2c(s1)CCN(C)CC2OC. The zero-order chi connectivity index (χ0) is 22.8. The van der Waals surface area contributed by atoms with E-state index < -0.39 is 0 Å². The summed E-state index contributed by atoms with van der Waals surface area (Å²) in [6.45, 7) is 2.64. The van der Waals surface area contributed by atoms with E-state index in [2.05, 4.69) is 17.3 Å². The molecule has 2 aliphatic heterocycles. The highest BCUT2D eigenvalue weighted by Crippen LogP contribution is 2.34. The predicted molar refractivity (Wildman–Crippen MR) is 127 cm³/mol. The highest BCUT2D eigenvalue weighted by molar-refractivity contribution is 7.18. The Hall–Kier alpha value is -1.49. The van der Waals surface area contributed by atoms with Crippen molar-refractivity contribution in [2.45, 2.75) is 31.0 Å². The second-order valence-electron chi connectivity index (χ2n) is 8.30. The molecule has 0 aliphatic carbocycles. The van der Waals surface area contributed by atoms with Gasteiger partial charge in [0.1, 0.15) is 0 Å². The summed E-state index contributed by atoms with van der Waals surface area (Å²) in [6, 6.07) is 5.21. The average molecular weight is 498 g/mol. The summed E-state index contributed by atoms with van der Waals surface area (Å²) in [7, 11) is 5.44. The summed E-state index contributed by atoms with van der Waals surface area (Å²) < 4.78 is 11.7. The molecule has 2 aromatic heterocycles. The van der Waals surface area contributed by atoms with Crippen molar-refractivity contribution in [3.63, 3.8) is 0 Å². The smallest absolute Gasteiger partial charge is 0.264 e. The summed E-state index contributed by atoms with van der Waals surface area (Å²) in [5, 5.41) is 3.05. The Morgan fingerprint density at radius 2 is 2.03 bits per heavy atom. The van der Waals surface area contributed by atoms with Crippen LogP contribution in [0.25, 0.3) is 0 Å². The van der Waals surface area contributed by atoms with Crippen LogP contribution in [0.15, 0.2) is 18.2 Å². The predicted octanol–water partition coefficient (Wildman–Crippen LogP) is 3.30. The van der Waals surface area contributed by atoms with Gasteiger partial charge >= 0.3 is 0 Å². The number of methoxy groups -OCH3 is 2. The van der Waals surface area contributed by atoms with Crippen molar-refractivity contribution in [2.75, 3.05) is 47.5 Å². The Morgan fingerprint density at radius 1 is 1.22 bits per heavy atom. The van der Waals surface area contributed by atoms with Crippen molar-refractivity contribution >= 4 is 46.1 Å². The van der Waals surface area contributed by atoms with Crippen LogP contribution in [0.2, 0.25) is 4.34 Å². The fourth-order valence-electron chi connectivity index (χ4n) is 4.44. The van der Waals surface area contributed by atoms with Crippen molar-refractivity contribution < 1.29 is 19.1 Å². The lowest BCUT2D eigenvalue weighted by atomic mass is 10.1. The van der Waals surface area contributed by atoms with Crippen LogP contribution < -0.4 is 5.32 Å². The highest BCUT2D eigenvalue weighted by Gasteiger charge is 2.38. The maximum Gasteiger partial charge on any atom is 0.264 e. The van der Waals surface area contributed by atoms with E-state index >= 15 is 0 Å². The van der Waals surface area contributed by atoms with Gasteiger partial charge in [0.2, 0.25) is 0 Å². The maximum atomic E-state index is 13.5. The Bertz CT molecular complexity index is 978. The van der Waals surface area contributed by atoms with E-state index in [0.717, 1.165) is 30.0 Å². The number of halogens is 1. The lowest BCUT2D eigenvalue weighted by molar-refractivity contribution is 0.0631. The molecule has 174 valence electrons. The minimum Gasteiger partial charge on any atom is -0.383 e. The van der Waals surface area contributed by atoms with Crippen LogP contribution in [-0.2, 0) is 15.9 Å². The van der Waals surface area contributed by atoms with Crippen LogP contribution in [-0.4, -0.2) is 81.2 Å². The number of nitrogens with zero attached hydrogens (tertiary/aromatic N) is 2. The Morgan fingerprint density at radius 3 is 2.72 bits per heavy atom. The minimum absolute atomic E-state index is 0.00996. The molecule has 2 amide bonds. The van der Waals surface area contributed by atoms with Gasteiger partial charge in [-0.25, -0.2) is 0 Å². The van der Waals surface area contributed by atoms with Gasteiger partial charge < -0.3 is 24.6 Å². The number of likely N-dealkylation sites (N-methyl/N-ethyl adjacent to an activating group) is 1. The number of fused-ring (bicyclic) bond motifs is 1. The molecule has 0 aromatic carbocycles. The first-order valence-corrected chi connectivity index (χ1v) is 12.6. The fourth-order valence-corrected chi connectivity index (χ4v) is 6.54. The number of thiophene rings is 2. The van der Waals surface area contributed by atoms with Gasteiger partial charge in [-0.2, -0.15) is 0 Å². The van der Waals surface area contributed by atoms with Gasteiger partial charge in [-0.15, -0.1) is 22.7 Å². The Labute approximate surface area is 201 Å². The number of ether oxygens (including phenoxy) is 2. The van der Waals surface area contributed by atoms with Gasteiger partial charge in [-0.3, -0.25) is 9.59 Å². The molecule has 0 radical (unpaired) electrons. The number of carbonyl (C=O) groups excluding carboxylic acids is 2. The number of hydrogen-bond acceptors (Lipinski definition) is 7. The van der Waals surface area contributed by atoms with Crippen molar-refractivity contribution in [2.24, 2.45) is 0 Å². The van der Waals surface area contributed by atoms with E-state index in [1.54, 1.807) is 37.7 Å². The van der Waals surface area contributed by atoms with Crippen LogP contribution >= 0.6 is 34.3 Å². The third kappa shape index (κ3) is 5.03. The molecule has 1 fully saturated rings. The normalized spacial score (nSPS) is 23.8.